The van der Waals surface area contributed by atoms with Crippen LogP contribution in [-0.2, 0) is 6.54 Å². The topological polar surface area (TPSA) is 33.2 Å². The van der Waals surface area contributed by atoms with Crippen molar-refractivity contribution in [1.29, 1.82) is 0 Å². The van der Waals surface area contributed by atoms with Gasteiger partial charge in [-0.2, -0.15) is 0 Å². The molecule has 1 heterocycles. The van der Waals surface area contributed by atoms with Crippen molar-refractivity contribution in [2.75, 3.05) is 11.4 Å². The third-order valence-corrected chi connectivity index (χ3v) is 7.04. The number of carbonyl (C=O) groups is 1. The van der Waals surface area contributed by atoms with E-state index in [2.05, 4.69) is 60.4 Å². The minimum atomic E-state index is -0.0204. The van der Waals surface area contributed by atoms with Crippen LogP contribution in [0, 0.1) is 0 Å². The van der Waals surface area contributed by atoms with Gasteiger partial charge in [0.1, 0.15) is 5.01 Å². The summed E-state index contributed by atoms with van der Waals surface area (Å²) in [6.45, 7) is 3.93. The largest absolute Gasteiger partial charge is 0.367 e. The number of anilines is 1. The predicted molar refractivity (Wildman–Crippen MR) is 148 cm³/mol. The van der Waals surface area contributed by atoms with Gasteiger partial charge in [-0.15, -0.1) is 11.3 Å². The number of thiazole rings is 1. The molecule has 5 rings (SSSR count). The molecule has 0 aliphatic carbocycles. The SMILES string of the molecule is CCN(Cc1ccccc1)c1ccc(/C=C(/C(=O)c2ccccc2)c2nc3ccccc3s2)cc1. The Bertz CT molecular complexity index is 1420. The molecule has 0 saturated carbocycles. The number of allylic oxidation sites excluding steroid dienone is 1. The lowest BCUT2D eigenvalue weighted by molar-refractivity contribution is 0.105. The Morgan fingerprint density at radius 3 is 2.17 bits per heavy atom. The number of hydrogen-bond donors (Lipinski definition) is 0. The number of aromatic nitrogens is 1. The van der Waals surface area contributed by atoms with E-state index in [9.17, 15) is 4.79 Å². The molecule has 1 aromatic heterocycles. The molecule has 0 amide bonds. The van der Waals surface area contributed by atoms with Crippen LogP contribution in [0.3, 0.4) is 0 Å². The Hall–Kier alpha value is -4.02. The summed E-state index contributed by atoms with van der Waals surface area (Å²) in [6, 6.07) is 36.3. The minimum absolute atomic E-state index is 0.0204. The molecule has 0 aliphatic rings. The van der Waals surface area contributed by atoms with E-state index in [1.807, 2.05) is 66.7 Å². The molecular weight excluding hydrogens is 448 g/mol. The van der Waals surface area contributed by atoms with Crippen LogP contribution in [0.25, 0.3) is 21.9 Å². The smallest absolute Gasteiger partial charge is 0.196 e. The van der Waals surface area contributed by atoms with Crippen LogP contribution >= 0.6 is 11.3 Å². The lowest BCUT2D eigenvalue weighted by Crippen LogP contribution is -2.21. The first-order valence-corrected chi connectivity index (χ1v) is 12.6. The molecule has 172 valence electrons. The van der Waals surface area contributed by atoms with E-state index in [0.29, 0.717) is 11.1 Å². The van der Waals surface area contributed by atoms with Gasteiger partial charge >= 0.3 is 0 Å². The van der Waals surface area contributed by atoms with Crippen molar-refractivity contribution < 1.29 is 4.79 Å². The molecule has 0 N–H and O–H groups in total. The molecule has 0 bridgehead atoms. The van der Waals surface area contributed by atoms with Gasteiger partial charge in [-0.1, -0.05) is 84.9 Å². The zero-order valence-electron chi connectivity index (χ0n) is 19.6. The van der Waals surface area contributed by atoms with Gasteiger partial charge in [0.05, 0.1) is 15.8 Å². The van der Waals surface area contributed by atoms with Crippen LogP contribution in [0.15, 0.2) is 109 Å². The maximum Gasteiger partial charge on any atom is 0.196 e. The molecule has 0 unspecified atom stereocenters. The summed E-state index contributed by atoms with van der Waals surface area (Å²) in [5, 5.41) is 0.739. The van der Waals surface area contributed by atoms with Crippen LogP contribution in [-0.4, -0.2) is 17.3 Å². The summed E-state index contributed by atoms with van der Waals surface area (Å²) in [5.74, 6) is -0.0204. The number of nitrogens with zero attached hydrogens (tertiary/aromatic N) is 2. The standard InChI is InChI=1S/C31H26N2OS/c1-2-33(22-24-11-5-3-6-12-24)26-19-17-23(18-20-26)21-27(30(34)25-13-7-4-8-14-25)31-32-28-15-9-10-16-29(28)35-31/h3-21H,2,22H2,1H3/b27-21-. The minimum Gasteiger partial charge on any atom is -0.367 e. The van der Waals surface area contributed by atoms with E-state index in [4.69, 9.17) is 4.98 Å². The lowest BCUT2D eigenvalue weighted by Gasteiger charge is -2.23. The van der Waals surface area contributed by atoms with E-state index in [1.54, 1.807) is 11.3 Å². The molecule has 3 nitrogen and oxygen atoms in total. The molecule has 4 heteroatoms. The van der Waals surface area contributed by atoms with Crippen molar-refractivity contribution in [3.8, 4) is 0 Å². The Labute approximate surface area is 210 Å². The van der Waals surface area contributed by atoms with Crippen molar-refractivity contribution in [3.05, 3.63) is 131 Å². The number of carbonyl (C=O) groups excluding carboxylic acids is 1. The number of fused-ring (bicyclic) bond motifs is 1. The third-order valence-electron chi connectivity index (χ3n) is 5.97. The average Bonchev–Trinajstić information content (AvgIpc) is 3.35. The third kappa shape index (κ3) is 5.23. The first-order valence-electron chi connectivity index (χ1n) is 11.8. The highest BCUT2D eigenvalue weighted by Gasteiger charge is 2.18. The quantitative estimate of drug-likeness (QED) is 0.170. The Kier molecular flexibility index (Phi) is 6.82. The van der Waals surface area contributed by atoms with Crippen LogP contribution < -0.4 is 4.90 Å². The maximum absolute atomic E-state index is 13.5. The van der Waals surface area contributed by atoms with Crippen molar-refractivity contribution in [1.82, 2.24) is 4.98 Å². The molecule has 5 aromatic rings. The van der Waals surface area contributed by atoms with Crippen LogP contribution in [0.4, 0.5) is 5.69 Å². The van der Waals surface area contributed by atoms with E-state index in [-0.39, 0.29) is 5.78 Å². The normalized spacial score (nSPS) is 11.5. The molecule has 0 saturated heterocycles. The Morgan fingerprint density at radius 2 is 1.49 bits per heavy atom. The number of ketones is 1. The predicted octanol–water partition coefficient (Wildman–Crippen LogP) is 7.75. The number of rotatable bonds is 8. The highest BCUT2D eigenvalue weighted by Crippen LogP contribution is 2.31. The first kappa shape index (κ1) is 22.8. The highest BCUT2D eigenvalue weighted by molar-refractivity contribution is 7.20. The molecule has 4 aromatic carbocycles. The number of benzene rings is 4. The van der Waals surface area contributed by atoms with Gasteiger partial charge in [-0.05, 0) is 48.4 Å². The highest BCUT2D eigenvalue weighted by atomic mass is 32.1. The number of para-hydroxylation sites is 1. The van der Waals surface area contributed by atoms with Crippen LogP contribution in [0.5, 0.6) is 0 Å². The zero-order valence-corrected chi connectivity index (χ0v) is 20.4. The molecule has 0 spiro atoms. The first-order chi connectivity index (χ1) is 17.2. The molecule has 35 heavy (non-hydrogen) atoms. The summed E-state index contributed by atoms with van der Waals surface area (Å²) in [6.07, 6.45) is 1.96. The number of hydrogen-bond acceptors (Lipinski definition) is 4. The monoisotopic (exact) mass is 474 g/mol. The summed E-state index contributed by atoms with van der Waals surface area (Å²) >= 11 is 1.55. The van der Waals surface area contributed by atoms with Crippen molar-refractivity contribution in [3.63, 3.8) is 0 Å². The van der Waals surface area contributed by atoms with Gasteiger partial charge in [0.15, 0.2) is 5.78 Å². The van der Waals surface area contributed by atoms with E-state index in [1.165, 1.54) is 5.56 Å². The molecular formula is C31H26N2OS. The fraction of sp³-hybridized carbons (Fsp3) is 0.0968. The second-order valence-corrected chi connectivity index (χ2v) is 9.36. The Balaban J connectivity index is 1.49. The zero-order chi connectivity index (χ0) is 24.0. The Morgan fingerprint density at radius 1 is 0.829 bits per heavy atom. The van der Waals surface area contributed by atoms with E-state index < -0.39 is 0 Å². The fourth-order valence-electron chi connectivity index (χ4n) is 4.09. The summed E-state index contributed by atoms with van der Waals surface area (Å²) < 4.78 is 1.07. The second kappa shape index (κ2) is 10.5. The number of Topliss-reactive ketones (excluding diaryl/α,β-unsaturated/α-hetero) is 1. The average molecular weight is 475 g/mol. The molecule has 0 radical (unpaired) electrons. The molecule has 0 aliphatic heterocycles. The van der Waals surface area contributed by atoms with Gasteiger partial charge in [0.2, 0.25) is 0 Å². The van der Waals surface area contributed by atoms with Crippen LogP contribution in [0.2, 0.25) is 0 Å². The van der Waals surface area contributed by atoms with Gasteiger partial charge < -0.3 is 4.90 Å². The van der Waals surface area contributed by atoms with Gasteiger partial charge in [0.25, 0.3) is 0 Å². The van der Waals surface area contributed by atoms with Crippen LogP contribution in [0.1, 0.15) is 33.4 Å². The molecule has 0 atom stereocenters. The summed E-state index contributed by atoms with van der Waals surface area (Å²) in [7, 11) is 0. The second-order valence-electron chi connectivity index (χ2n) is 8.33. The van der Waals surface area contributed by atoms with Crippen molar-refractivity contribution in [2.24, 2.45) is 0 Å². The van der Waals surface area contributed by atoms with Crippen molar-refractivity contribution in [2.45, 2.75) is 13.5 Å². The maximum atomic E-state index is 13.5. The van der Waals surface area contributed by atoms with Gasteiger partial charge in [-0.3, -0.25) is 4.79 Å². The lowest BCUT2D eigenvalue weighted by atomic mass is 10.0. The van der Waals surface area contributed by atoms with E-state index >= 15 is 0 Å². The fourth-order valence-corrected chi connectivity index (χ4v) is 5.07. The summed E-state index contributed by atoms with van der Waals surface area (Å²) in [4.78, 5) is 20.7. The van der Waals surface area contributed by atoms with Crippen molar-refractivity contribution >= 4 is 44.7 Å². The van der Waals surface area contributed by atoms with E-state index in [0.717, 1.165) is 39.6 Å². The molecule has 0 fully saturated rings. The van der Waals surface area contributed by atoms with Gasteiger partial charge in [0, 0.05) is 24.3 Å². The van der Waals surface area contributed by atoms with Gasteiger partial charge in [-0.25, -0.2) is 4.98 Å². The summed E-state index contributed by atoms with van der Waals surface area (Å²) in [5.41, 5.74) is 5.60.